The summed E-state index contributed by atoms with van der Waals surface area (Å²) in [5.41, 5.74) is 0.683. The second kappa shape index (κ2) is 1.70. The van der Waals surface area contributed by atoms with Gasteiger partial charge in [0.2, 0.25) is 0 Å². The molecule has 0 atom stereocenters. The van der Waals surface area contributed by atoms with Gasteiger partial charge in [0.05, 0.1) is 11.6 Å². The third-order valence-electron chi connectivity index (χ3n) is 1.28. The first-order valence-corrected chi connectivity index (χ1v) is 2.84. The summed E-state index contributed by atoms with van der Waals surface area (Å²) in [6, 6.07) is 3.31. The lowest BCUT2D eigenvalue weighted by molar-refractivity contribution is 0.322. The van der Waals surface area contributed by atoms with E-state index in [0.717, 1.165) is 0 Å². The number of hydrogen-bond acceptors (Lipinski definition) is 3. The first kappa shape index (κ1) is 5.22. The summed E-state index contributed by atoms with van der Waals surface area (Å²) in [5.74, 6) is 0. The first-order valence-electron chi connectivity index (χ1n) is 2.84. The van der Waals surface area contributed by atoms with Crippen LogP contribution in [0.5, 0.6) is 0 Å². The van der Waals surface area contributed by atoms with E-state index in [1.807, 2.05) is 0 Å². The standard InChI is InChI=1S/C6H5N3O/c7-5-2-4-10-9-6(5)1-3-8-9/h1-4,7H. The molecule has 0 amide bonds. The van der Waals surface area contributed by atoms with Crippen molar-refractivity contribution in [1.29, 1.82) is 5.41 Å². The van der Waals surface area contributed by atoms with Crippen molar-refractivity contribution in [2.45, 2.75) is 0 Å². The minimum atomic E-state index is 0.420. The molecule has 0 unspecified atom stereocenters. The summed E-state index contributed by atoms with van der Waals surface area (Å²) < 4.78 is 6.23. The molecule has 4 nitrogen and oxygen atoms in total. The normalized spacial score (nSPS) is 10.4. The summed E-state index contributed by atoms with van der Waals surface area (Å²) >= 11 is 0. The van der Waals surface area contributed by atoms with Crippen LogP contribution in [-0.4, -0.2) is 9.79 Å². The Bertz CT molecular complexity index is 400. The summed E-state index contributed by atoms with van der Waals surface area (Å²) in [6.45, 7) is 0. The molecule has 50 valence electrons. The van der Waals surface area contributed by atoms with Gasteiger partial charge in [-0.3, -0.25) is 5.41 Å². The molecule has 10 heavy (non-hydrogen) atoms. The molecule has 0 aliphatic rings. The quantitative estimate of drug-likeness (QED) is 0.568. The molecule has 1 N–H and O–H groups in total. The van der Waals surface area contributed by atoms with Gasteiger partial charge in [-0.2, -0.15) is 0 Å². The molecular formula is C6H5N3O. The van der Waals surface area contributed by atoms with Crippen LogP contribution in [0.25, 0.3) is 5.52 Å². The predicted molar refractivity (Wildman–Crippen MR) is 33.3 cm³/mol. The molecule has 2 aromatic heterocycles. The molecule has 0 aromatic carbocycles. The Morgan fingerprint density at radius 3 is 3.20 bits per heavy atom. The maximum Gasteiger partial charge on any atom is 0.128 e. The molecule has 2 heterocycles. The van der Waals surface area contributed by atoms with Gasteiger partial charge in [-0.05, 0) is 6.07 Å². The highest BCUT2D eigenvalue weighted by molar-refractivity contribution is 5.40. The Morgan fingerprint density at radius 1 is 1.50 bits per heavy atom. The van der Waals surface area contributed by atoms with Gasteiger partial charge in [-0.15, -0.1) is 5.10 Å². The Kier molecular flexibility index (Phi) is 0.887. The van der Waals surface area contributed by atoms with Crippen LogP contribution in [0.3, 0.4) is 0 Å². The van der Waals surface area contributed by atoms with Crippen LogP contribution < -0.4 is 5.36 Å². The fourth-order valence-corrected chi connectivity index (χ4v) is 0.809. The number of nitrogens with zero attached hydrogens (tertiary/aromatic N) is 2. The minimum absolute atomic E-state index is 0.420. The number of fused-ring (bicyclic) bond motifs is 1. The lowest BCUT2D eigenvalue weighted by Gasteiger charge is -1.87. The van der Waals surface area contributed by atoms with E-state index >= 15 is 0 Å². The molecular weight excluding hydrogens is 130 g/mol. The number of nitrogens with one attached hydrogen (secondary N) is 1. The third kappa shape index (κ3) is 0.556. The molecule has 0 saturated heterocycles. The molecule has 2 rings (SSSR count). The van der Waals surface area contributed by atoms with Gasteiger partial charge in [0.1, 0.15) is 11.8 Å². The van der Waals surface area contributed by atoms with Gasteiger partial charge < -0.3 is 4.52 Å². The van der Waals surface area contributed by atoms with Crippen LogP contribution in [0.2, 0.25) is 0 Å². The molecule has 0 bridgehead atoms. The molecule has 2 aromatic rings. The summed E-state index contributed by atoms with van der Waals surface area (Å²) in [5, 5.41) is 11.6. The average Bonchev–Trinajstić information content (AvgIpc) is 2.36. The van der Waals surface area contributed by atoms with E-state index in [1.54, 1.807) is 18.3 Å². The molecule has 4 heteroatoms. The molecule has 0 saturated carbocycles. The Labute approximate surface area is 56.2 Å². The van der Waals surface area contributed by atoms with Crippen LogP contribution >= 0.6 is 0 Å². The van der Waals surface area contributed by atoms with Crippen LogP contribution in [0, 0.1) is 5.41 Å². The summed E-state index contributed by atoms with van der Waals surface area (Å²) in [7, 11) is 0. The van der Waals surface area contributed by atoms with Crippen molar-refractivity contribution in [3.63, 3.8) is 0 Å². The lowest BCUT2D eigenvalue weighted by Crippen LogP contribution is -2.01. The average molecular weight is 135 g/mol. The number of rotatable bonds is 0. The molecule has 0 aliphatic heterocycles. The first-order chi connectivity index (χ1) is 4.88. The summed E-state index contributed by atoms with van der Waals surface area (Å²) in [6.07, 6.45) is 3.03. The Balaban J connectivity index is 3.09. The van der Waals surface area contributed by atoms with Crippen LogP contribution in [0.15, 0.2) is 29.1 Å². The van der Waals surface area contributed by atoms with Crippen molar-refractivity contribution in [2.75, 3.05) is 0 Å². The zero-order valence-electron chi connectivity index (χ0n) is 5.11. The van der Waals surface area contributed by atoms with Gasteiger partial charge in [0.25, 0.3) is 0 Å². The number of aromatic nitrogens is 2. The maximum absolute atomic E-state index is 7.36. The fourth-order valence-electron chi connectivity index (χ4n) is 0.809. The van der Waals surface area contributed by atoms with Crippen LogP contribution in [-0.2, 0) is 0 Å². The van der Waals surface area contributed by atoms with Gasteiger partial charge in [-0.25, -0.2) is 0 Å². The smallest absolute Gasteiger partial charge is 0.128 e. The maximum atomic E-state index is 7.36. The van der Waals surface area contributed by atoms with E-state index in [0.29, 0.717) is 10.9 Å². The van der Waals surface area contributed by atoms with Gasteiger partial charge in [-0.1, -0.05) is 4.69 Å². The number of hydrogen-bond donors (Lipinski definition) is 1. The predicted octanol–water partition coefficient (Wildman–Crippen LogP) is 0.407. The molecule has 0 aliphatic carbocycles. The topological polar surface area (TPSA) is 54.3 Å². The monoisotopic (exact) mass is 135 g/mol. The third-order valence-corrected chi connectivity index (χ3v) is 1.28. The van der Waals surface area contributed by atoms with Crippen molar-refractivity contribution in [3.8, 4) is 0 Å². The summed E-state index contributed by atoms with van der Waals surface area (Å²) in [4.78, 5) is 0. The Hall–Kier alpha value is -1.58. The van der Waals surface area contributed by atoms with Crippen molar-refractivity contribution in [2.24, 2.45) is 0 Å². The van der Waals surface area contributed by atoms with Gasteiger partial charge in [0, 0.05) is 6.07 Å². The highest BCUT2D eigenvalue weighted by Crippen LogP contribution is 1.91. The zero-order chi connectivity index (χ0) is 6.97. The molecule has 0 fully saturated rings. The van der Waals surface area contributed by atoms with E-state index in [4.69, 9.17) is 9.93 Å². The minimum Gasteiger partial charge on any atom is -0.365 e. The van der Waals surface area contributed by atoms with E-state index in [9.17, 15) is 0 Å². The van der Waals surface area contributed by atoms with Gasteiger partial charge in [0.15, 0.2) is 0 Å². The van der Waals surface area contributed by atoms with Crippen LogP contribution in [0.1, 0.15) is 0 Å². The fraction of sp³-hybridized carbons (Fsp3) is 0. The van der Waals surface area contributed by atoms with Crippen molar-refractivity contribution in [1.82, 2.24) is 9.79 Å². The van der Waals surface area contributed by atoms with Crippen molar-refractivity contribution < 1.29 is 4.52 Å². The second-order valence-corrected chi connectivity index (χ2v) is 1.91. The highest BCUT2D eigenvalue weighted by Gasteiger charge is 1.92. The van der Waals surface area contributed by atoms with Crippen molar-refractivity contribution in [3.05, 3.63) is 29.9 Å². The largest absolute Gasteiger partial charge is 0.365 e. The van der Waals surface area contributed by atoms with E-state index in [-0.39, 0.29) is 0 Å². The van der Waals surface area contributed by atoms with Crippen molar-refractivity contribution >= 4 is 5.52 Å². The second-order valence-electron chi connectivity index (χ2n) is 1.91. The van der Waals surface area contributed by atoms with E-state index in [1.165, 1.54) is 11.0 Å². The van der Waals surface area contributed by atoms with Gasteiger partial charge >= 0.3 is 0 Å². The van der Waals surface area contributed by atoms with E-state index < -0.39 is 0 Å². The van der Waals surface area contributed by atoms with E-state index in [2.05, 4.69) is 5.10 Å². The zero-order valence-corrected chi connectivity index (χ0v) is 5.11. The lowest BCUT2D eigenvalue weighted by atomic mass is 10.4. The molecule has 0 radical (unpaired) electrons. The Morgan fingerprint density at radius 2 is 2.40 bits per heavy atom. The molecule has 0 spiro atoms. The SMILES string of the molecule is N=c1ccon2nccc12. The highest BCUT2D eigenvalue weighted by atomic mass is 16.5. The van der Waals surface area contributed by atoms with Crippen LogP contribution in [0.4, 0.5) is 0 Å².